The highest BCUT2D eigenvalue weighted by Gasteiger charge is 2.42. The lowest BCUT2D eigenvalue weighted by Gasteiger charge is -2.22. The zero-order valence-electron chi connectivity index (χ0n) is 15.0. The van der Waals surface area contributed by atoms with Gasteiger partial charge in [0.05, 0.1) is 17.9 Å². The summed E-state index contributed by atoms with van der Waals surface area (Å²) < 4.78 is 17.3. The van der Waals surface area contributed by atoms with Crippen molar-refractivity contribution in [1.29, 1.82) is 0 Å². The number of pyridine rings is 1. The molecule has 2 aliphatic heterocycles. The largest absolute Gasteiger partial charge is 0.362 e. The van der Waals surface area contributed by atoms with Crippen LogP contribution in [0.25, 0.3) is 0 Å². The minimum absolute atomic E-state index is 0.117. The number of carbonyl (C=O) groups excluding carboxylic acids is 1. The molecule has 3 heterocycles. The van der Waals surface area contributed by atoms with Gasteiger partial charge in [0, 0.05) is 11.9 Å². The van der Waals surface area contributed by atoms with Crippen molar-refractivity contribution in [2.75, 3.05) is 11.9 Å². The molecule has 0 spiro atoms. The summed E-state index contributed by atoms with van der Waals surface area (Å²) >= 11 is 0. The third-order valence-electron chi connectivity index (χ3n) is 4.88. The molecule has 1 amide bonds. The van der Waals surface area contributed by atoms with Crippen LogP contribution in [0.1, 0.15) is 52.8 Å². The number of hydrogen-bond donors (Lipinski definition) is 1. The summed E-state index contributed by atoms with van der Waals surface area (Å²) in [5.74, 6) is -0.383. The zero-order valence-corrected chi connectivity index (χ0v) is 15.0. The molecule has 2 aliphatic rings. The number of anilines is 1. The Balaban J connectivity index is 1.66. The predicted octanol–water partition coefficient (Wildman–Crippen LogP) is 3.05. The van der Waals surface area contributed by atoms with Crippen LogP contribution < -0.4 is 5.32 Å². The first-order valence-electron chi connectivity index (χ1n) is 8.43. The maximum atomic E-state index is 12.5. The summed E-state index contributed by atoms with van der Waals surface area (Å²) in [5, 5.41) is 2.93. The van der Waals surface area contributed by atoms with Gasteiger partial charge in [-0.25, -0.2) is 0 Å². The van der Waals surface area contributed by atoms with E-state index in [1.54, 1.807) is 12.3 Å². The molecule has 1 aromatic heterocycles. The molecule has 0 aromatic carbocycles. The third-order valence-corrected chi connectivity index (χ3v) is 4.88. The van der Waals surface area contributed by atoms with E-state index in [4.69, 9.17) is 14.2 Å². The van der Waals surface area contributed by atoms with E-state index in [0.29, 0.717) is 18.2 Å². The Labute approximate surface area is 142 Å². The van der Waals surface area contributed by atoms with Gasteiger partial charge in [-0.2, -0.15) is 0 Å². The Morgan fingerprint density at radius 1 is 1.29 bits per heavy atom. The van der Waals surface area contributed by atoms with E-state index >= 15 is 0 Å². The van der Waals surface area contributed by atoms with Crippen molar-refractivity contribution >= 4 is 11.6 Å². The number of aromatic nitrogens is 1. The number of amides is 1. The van der Waals surface area contributed by atoms with E-state index in [0.717, 1.165) is 12.1 Å². The highest BCUT2D eigenvalue weighted by molar-refractivity contribution is 5.94. The van der Waals surface area contributed by atoms with Gasteiger partial charge in [-0.3, -0.25) is 9.78 Å². The first-order valence-corrected chi connectivity index (χ1v) is 8.43. The molecule has 6 heteroatoms. The van der Waals surface area contributed by atoms with Crippen LogP contribution in [0.15, 0.2) is 18.3 Å². The lowest BCUT2D eigenvalue weighted by Crippen LogP contribution is -2.31. The topological polar surface area (TPSA) is 69.7 Å². The highest BCUT2D eigenvalue weighted by atomic mass is 16.7. The van der Waals surface area contributed by atoms with Gasteiger partial charge in [-0.1, -0.05) is 6.92 Å². The van der Waals surface area contributed by atoms with Gasteiger partial charge in [0.1, 0.15) is 12.2 Å². The van der Waals surface area contributed by atoms with Crippen LogP contribution in [0.4, 0.5) is 5.69 Å². The van der Waals surface area contributed by atoms with Crippen molar-refractivity contribution in [3.8, 4) is 0 Å². The fourth-order valence-corrected chi connectivity index (χ4v) is 3.05. The maximum absolute atomic E-state index is 12.5. The highest BCUT2D eigenvalue weighted by Crippen LogP contribution is 2.36. The Hall–Kier alpha value is -1.50. The SMILES string of the molecule is CC1CC(C(=O)Nc2ccnc(C3COC(C)(C)O3)c2)OC1(C)C. The van der Waals surface area contributed by atoms with Crippen LogP contribution >= 0.6 is 0 Å². The average molecular weight is 334 g/mol. The Kier molecular flexibility index (Phi) is 4.40. The molecule has 24 heavy (non-hydrogen) atoms. The van der Waals surface area contributed by atoms with Gasteiger partial charge in [-0.05, 0) is 52.2 Å². The molecule has 132 valence electrons. The van der Waals surface area contributed by atoms with Crippen LogP contribution in [0.3, 0.4) is 0 Å². The number of nitrogens with one attached hydrogen (secondary N) is 1. The van der Waals surface area contributed by atoms with Gasteiger partial charge in [-0.15, -0.1) is 0 Å². The molecule has 3 unspecified atom stereocenters. The summed E-state index contributed by atoms with van der Waals surface area (Å²) in [4.78, 5) is 16.8. The number of carbonyl (C=O) groups is 1. The number of rotatable bonds is 3. The van der Waals surface area contributed by atoms with Gasteiger partial charge < -0.3 is 19.5 Å². The summed E-state index contributed by atoms with van der Waals surface area (Å²) in [7, 11) is 0. The standard InChI is InChI=1S/C18H26N2O4/c1-11-8-14(23-17(11,2)3)16(21)20-12-6-7-19-13(9-12)15-10-22-18(4,5)24-15/h6-7,9,11,14-15H,8,10H2,1-5H3,(H,19,20,21). The van der Waals surface area contributed by atoms with E-state index in [9.17, 15) is 4.79 Å². The van der Waals surface area contributed by atoms with Crippen LogP contribution in [-0.4, -0.2) is 35.0 Å². The lowest BCUT2D eigenvalue weighted by molar-refractivity contribution is -0.139. The molecular formula is C18H26N2O4. The third kappa shape index (κ3) is 3.61. The molecule has 2 saturated heterocycles. The minimum atomic E-state index is -0.606. The summed E-state index contributed by atoms with van der Waals surface area (Å²) in [5.41, 5.74) is 1.17. The van der Waals surface area contributed by atoms with Crippen LogP contribution in [0, 0.1) is 5.92 Å². The van der Waals surface area contributed by atoms with E-state index in [2.05, 4.69) is 17.2 Å². The Morgan fingerprint density at radius 2 is 2.04 bits per heavy atom. The fraction of sp³-hybridized carbons (Fsp3) is 0.667. The molecule has 0 aliphatic carbocycles. The second kappa shape index (κ2) is 6.10. The molecule has 1 N–H and O–H groups in total. The average Bonchev–Trinajstić information content (AvgIpc) is 2.99. The second-order valence-electron chi connectivity index (χ2n) is 7.62. The number of ether oxygens (including phenoxy) is 3. The molecule has 6 nitrogen and oxygen atoms in total. The smallest absolute Gasteiger partial charge is 0.253 e. The normalized spacial score (nSPS) is 31.1. The molecule has 0 bridgehead atoms. The van der Waals surface area contributed by atoms with Gasteiger partial charge >= 0.3 is 0 Å². The molecule has 3 rings (SSSR count). The second-order valence-corrected chi connectivity index (χ2v) is 7.62. The Bertz CT molecular complexity index is 629. The van der Waals surface area contributed by atoms with Crippen molar-refractivity contribution in [2.24, 2.45) is 5.92 Å². The van der Waals surface area contributed by atoms with Crippen molar-refractivity contribution in [3.63, 3.8) is 0 Å². The quantitative estimate of drug-likeness (QED) is 0.920. The first-order chi connectivity index (χ1) is 11.2. The maximum Gasteiger partial charge on any atom is 0.253 e. The molecule has 3 atom stereocenters. The number of hydrogen-bond acceptors (Lipinski definition) is 5. The van der Waals surface area contributed by atoms with Crippen LogP contribution in [0.2, 0.25) is 0 Å². The van der Waals surface area contributed by atoms with E-state index in [1.165, 1.54) is 0 Å². The van der Waals surface area contributed by atoms with Crippen molar-refractivity contribution in [2.45, 2.75) is 64.6 Å². The fourth-order valence-electron chi connectivity index (χ4n) is 3.05. The van der Waals surface area contributed by atoms with Crippen LogP contribution in [-0.2, 0) is 19.0 Å². The Morgan fingerprint density at radius 3 is 2.62 bits per heavy atom. The summed E-state index contributed by atoms with van der Waals surface area (Å²) in [6, 6.07) is 3.60. The monoisotopic (exact) mass is 334 g/mol. The number of nitrogens with zero attached hydrogens (tertiary/aromatic N) is 1. The van der Waals surface area contributed by atoms with Gasteiger partial charge in [0.25, 0.3) is 5.91 Å². The van der Waals surface area contributed by atoms with E-state index < -0.39 is 11.9 Å². The first kappa shape index (κ1) is 17.3. The van der Waals surface area contributed by atoms with Crippen molar-refractivity contribution < 1.29 is 19.0 Å². The molecule has 0 saturated carbocycles. The molecule has 2 fully saturated rings. The summed E-state index contributed by atoms with van der Waals surface area (Å²) in [6.45, 7) is 10.4. The van der Waals surface area contributed by atoms with Crippen LogP contribution in [0.5, 0.6) is 0 Å². The zero-order chi connectivity index (χ0) is 17.5. The van der Waals surface area contributed by atoms with Gasteiger partial charge in [0.2, 0.25) is 0 Å². The lowest BCUT2D eigenvalue weighted by atomic mass is 9.92. The van der Waals surface area contributed by atoms with Gasteiger partial charge in [0.15, 0.2) is 5.79 Å². The van der Waals surface area contributed by atoms with E-state index in [-0.39, 0.29) is 17.6 Å². The molecular weight excluding hydrogens is 308 g/mol. The van der Waals surface area contributed by atoms with Crippen molar-refractivity contribution in [3.05, 3.63) is 24.0 Å². The molecule has 1 aromatic rings. The van der Waals surface area contributed by atoms with E-state index in [1.807, 2.05) is 33.8 Å². The predicted molar refractivity (Wildman–Crippen MR) is 89.5 cm³/mol. The minimum Gasteiger partial charge on any atom is -0.362 e. The molecule has 0 radical (unpaired) electrons. The van der Waals surface area contributed by atoms with Crippen molar-refractivity contribution in [1.82, 2.24) is 4.98 Å². The summed E-state index contributed by atoms with van der Waals surface area (Å²) in [6.07, 6.45) is 1.75.